The number of amides is 1. The van der Waals surface area contributed by atoms with Crippen molar-refractivity contribution in [3.8, 4) is 0 Å². The van der Waals surface area contributed by atoms with Gasteiger partial charge in [-0.2, -0.15) is 0 Å². The van der Waals surface area contributed by atoms with Gasteiger partial charge in [0.05, 0.1) is 30.4 Å². The number of benzene rings is 1. The topological polar surface area (TPSA) is 116 Å². The maximum atomic E-state index is 12.5. The van der Waals surface area contributed by atoms with Gasteiger partial charge in [0, 0.05) is 5.56 Å². The van der Waals surface area contributed by atoms with Crippen LogP contribution in [0.2, 0.25) is 0 Å². The Hall–Kier alpha value is -2.72. The first-order valence-corrected chi connectivity index (χ1v) is 10.6. The van der Waals surface area contributed by atoms with Gasteiger partial charge >= 0.3 is 11.9 Å². The van der Waals surface area contributed by atoms with Crippen LogP contribution in [0.4, 0.5) is 5.00 Å². The van der Waals surface area contributed by atoms with Gasteiger partial charge < -0.3 is 14.8 Å². The molecule has 150 valence electrons. The summed E-state index contributed by atoms with van der Waals surface area (Å²) in [7, 11) is -0.976. The van der Waals surface area contributed by atoms with Crippen LogP contribution in [0.3, 0.4) is 0 Å². The average molecular weight is 425 g/mol. The van der Waals surface area contributed by atoms with E-state index in [1.54, 1.807) is 6.92 Å². The SMILES string of the molecule is CCS(=O)(=O)c1ccc(C(=O)Nc2sc(C(=O)OC)c(C)c2C(=O)OC)cc1. The summed E-state index contributed by atoms with van der Waals surface area (Å²) in [5.41, 5.74) is 0.589. The van der Waals surface area contributed by atoms with E-state index in [2.05, 4.69) is 5.32 Å². The van der Waals surface area contributed by atoms with Gasteiger partial charge in [0.2, 0.25) is 0 Å². The Morgan fingerprint density at radius 1 is 1.04 bits per heavy atom. The number of sulfone groups is 1. The van der Waals surface area contributed by atoms with Crippen molar-refractivity contribution in [2.24, 2.45) is 0 Å². The van der Waals surface area contributed by atoms with Crippen molar-refractivity contribution in [3.05, 3.63) is 45.8 Å². The van der Waals surface area contributed by atoms with E-state index < -0.39 is 27.7 Å². The smallest absolute Gasteiger partial charge is 0.348 e. The molecule has 1 aromatic carbocycles. The Bertz CT molecular complexity index is 1020. The van der Waals surface area contributed by atoms with E-state index in [1.807, 2.05) is 0 Å². The van der Waals surface area contributed by atoms with Gasteiger partial charge in [-0.25, -0.2) is 18.0 Å². The Morgan fingerprint density at radius 2 is 1.61 bits per heavy atom. The summed E-state index contributed by atoms with van der Waals surface area (Å²) in [5.74, 6) is -1.96. The summed E-state index contributed by atoms with van der Waals surface area (Å²) in [6, 6.07) is 5.43. The fourth-order valence-corrected chi connectivity index (χ4v) is 4.38. The van der Waals surface area contributed by atoms with Gasteiger partial charge in [-0.3, -0.25) is 4.79 Å². The molecule has 2 aromatic rings. The molecule has 8 nitrogen and oxygen atoms in total. The number of rotatable bonds is 6. The molecule has 0 aliphatic carbocycles. The highest BCUT2D eigenvalue weighted by Crippen LogP contribution is 2.34. The number of hydrogen-bond donors (Lipinski definition) is 1. The first-order chi connectivity index (χ1) is 13.2. The zero-order chi connectivity index (χ0) is 21.1. The second kappa shape index (κ2) is 8.53. The van der Waals surface area contributed by atoms with Crippen molar-refractivity contribution >= 4 is 44.0 Å². The number of methoxy groups -OCH3 is 2. The number of esters is 2. The lowest BCUT2D eigenvalue weighted by Crippen LogP contribution is -2.14. The lowest BCUT2D eigenvalue weighted by Gasteiger charge is -2.07. The van der Waals surface area contributed by atoms with Gasteiger partial charge in [0.15, 0.2) is 9.84 Å². The molecule has 0 atom stereocenters. The van der Waals surface area contributed by atoms with Crippen LogP contribution in [0, 0.1) is 6.92 Å². The molecule has 1 aromatic heterocycles. The summed E-state index contributed by atoms with van der Waals surface area (Å²) in [6.07, 6.45) is 0. The summed E-state index contributed by atoms with van der Waals surface area (Å²) in [6.45, 7) is 3.08. The molecule has 1 amide bonds. The van der Waals surface area contributed by atoms with Gasteiger partial charge in [-0.1, -0.05) is 6.92 Å². The standard InChI is InChI=1S/C18H19NO7S2/c1-5-28(23,24)12-8-6-11(7-9-12)15(20)19-16-13(17(21)25-3)10(2)14(27-16)18(22)26-4/h6-9H,5H2,1-4H3,(H,19,20). The highest BCUT2D eigenvalue weighted by atomic mass is 32.2. The third-order valence-electron chi connectivity index (χ3n) is 3.99. The zero-order valence-electron chi connectivity index (χ0n) is 15.7. The molecule has 28 heavy (non-hydrogen) atoms. The molecule has 1 heterocycles. The quantitative estimate of drug-likeness (QED) is 0.707. The number of nitrogens with one attached hydrogen (secondary N) is 1. The van der Waals surface area contributed by atoms with E-state index in [-0.39, 0.29) is 31.7 Å². The van der Waals surface area contributed by atoms with E-state index in [4.69, 9.17) is 9.47 Å². The maximum absolute atomic E-state index is 12.5. The van der Waals surface area contributed by atoms with E-state index in [9.17, 15) is 22.8 Å². The molecule has 0 aliphatic heterocycles. The van der Waals surface area contributed by atoms with Crippen LogP contribution >= 0.6 is 11.3 Å². The van der Waals surface area contributed by atoms with Gasteiger partial charge in [-0.15, -0.1) is 11.3 Å². The van der Waals surface area contributed by atoms with Crippen molar-refractivity contribution in [2.75, 3.05) is 25.3 Å². The minimum absolute atomic E-state index is 0.0498. The van der Waals surface area contributed by atoms with Gasteiger partial charge in [0.25, 0.3) is 5.91 Å². The van der Waals surface area contributed by atoms with Gasteiger partial charge in [0.1, 0.15) is 9.88 Å². The second-order valence-electron chi connectivity index (χ2n) is 5.63. The zero-order valence-corrected chi connectivity index (χ0v) is 17.3. The average Bonchev–Trinajstić information content (AvgIpc) is 3.02. The summed E-state index contributed by atoms with van der Waals surface area (Å²) < 4.78 is 33.2. The number of ether oxygens (including phenoxy) is 2. The molecule has 1 N–H and O–H groups in total. The second-order valence-corrected chi connectivity index (χ2v) is 8.92. The Balaban J connectivity index is 2.38. The summed E-state index contributed by atoms with van der Waals surface area (Å²) in [5, 5.41) is 2.71. The number of hydrogen-bond acceptors (Lipinski definition) is 8. The van der Waals surface area contributed by atoms with Crippen LogP contribution in [0.5, 0.6) is 0 Å². The van der Waals surface area contributed by atoms with Crippen molar-refractivity contribution in [3.63, 3.8) is 0 Å². The lowest BCUT2D eigenvalue weighted by atomic mass is 10.1. The minimum atomic E-state index is -3.38. The Morgan fingerprint density at radius 3 is 2.11 bits per heavy atom. The number of thiophene rings is 1. The highest BCUT2D eigenvalue weighted by Gasteiger charge is 2.27. The normalized spacial score (nSPS) is 11.0. The van der Waals surface area contributed by atoms with Crippen LogP contribution in [0.25, 0.3) is 0 Å². The van der Waals surface area contributed by atoms with Crippen LogP contribution in [0.1, 0.15) is 42.9 Å². The van der Waals surface area contributed by atoms with Crippen molar-refractivity contribution in [1.82, 2.24) is 0 Å². The molecule has 0 unspecified atom stereocenters. The molecule has 0 aliphatic rings. The predicted octanol–water partition coefficient (Wildman–Crippen LogP) is 2.68. The number of carbonyl (C=O) groups excluding carboxylic acids is 3. The van der Waals surface area contributed by atoms with E-state index in [0.717, 1.165) is 11.3 Å². The molecule has 0 saturated heterocycles. The van der Waals surface area contributed by atoms with Crippen LogP contribution in [0.15, 0.2) is 29.2 Å². The molecule has 0 saturated carbocycles. The first kappa shape index (κ1) is 21.6. The van der Waals surface area contributed by atoms with Crippen LogP contribution in [-0.2, 0) is 19.3 Å². The maximum Gasteiger partial charge on any atom is 0.348 e. The van der Waals surface area contributed by atoms with Gasteiger partial charge in [-0.05, 0) is 36.8 Å². The van der Waals surface area contributed by atoms with E-state index in [1.165, 1.54) is 45.4 Å². The third-order valence-corrected chi connectivity index (χ3v) is 6.93. The molecular weight excluding hydrogens is 406 g/mol. The summed E-state index contributed by atoms with van der Waals surface area (Å²) in [4.78, 5) is 36.8. The number of anilines is 1. The molecule has 2 rings (SSSR count). The van der Waals surface area contributed by atoms with E-state index >= 15 is 0 Å². The molecule has 0 radical (unpaired) electrons. The molecule has 0 fully saturated rings. The number of carbonyl (C=O) groups is 3. The van der Waals surface area contributed by atoms with Crippen molar-refractivity contribution < 1.29 is 32.3 Å². The lowest BCUT2D eigenvalue weighted by molar-refractivity contribution is 0.0601. The van der Waals surface area contributed by atoms with Crippen molar-refractivity contribution in [2.45, 2.75) is 18.7 Å². The summed E-state index contributed by atoms with van der Waals surface area (Å²) >= 11 is 0.893. The highest BCUT2D eigenvalue weighted by molar-refractivity contribution is 7.91. The first-order valence-electron chi connectivity index (χ1n) is 8.10. The van der Waals surface area contributed by atoms with Crippen LogP contribution < -0.4 is 5.32 Å². The minimum Gasteiger partial charge on any atom is -0.465 e. The van der Waals surface area contributed by atoms with E-state index in [0.29, 0.717) is 5.56 Å². The Labute approximate surface area is 166 Å². The van der Waals surface area contributed by atoms with Crippen molar-refractivity contribution in [1.29, 1.82) is 0 Å². The van der Waals surface area contributed by atoms with Crippen LogP contribution in [-0.4, -0.2) is 46.2 Å². The Kier molecular flexibility index (Phi) is 6.57. The molecule has 0 bridgehead atoms. The fraction of sp³-hybridized carbons (Fsp3) is 0.278. The predicted molar refractivity (Wildman–Crippen MR) is 104 cm³/mol. The fourth-order valence-electron chi connectivity index (χ4n) is 2.39. The molecule has 0 spiro atoms. The molecular formula is C18H19NO7S2. The monoisotopic (exact) mass is 425 g/mol. The largest absolute Gasteiger partial charge is 0.465 e. The molecule has 10 heteroatoms. The third kappa shape index (κ3) is 4.23.